The second-order valence-corrected chi connectivity index (χ2v) is 3.07. The van der Waals surface area contributed by atoms with Crippen LogP contribution in [0.5, 0.6) is 11.5 Å². The Hall–Kier alpha value is -2.15. The average Bonchev–Trinajstić information content (AvgIpc) is 2.29. The SMILES string of the molecule is C#CCCNC(=O)c1cccc(OC)c1O. The summed E-state index contributed by atoms with van der Waals surface area (Å²) in [4.78, 5) is 11.6. The van der Waals surface area contributed by atoms with E-state index in [0.717, 1.165) is 0 Å². The van der Waals surface area contributed by atoms with E-state index in [9.17, 15) is 9.90 Å². The molecule has 0 spiro atoms. The van der Waals surface area contributed by atoms with Crippen molar-refractivity contribution in [1.82, 2.24) is 5.32 Å². The fourth-order valence-electron chi connectivity index (χ4n) is 1.21. The Labute approximate surface area is 94.2 Å². The molecule has 0 aliphatic rings. The Balaban J connectivity index is 2.80. The van der Waals surface area contributed by atoms with Crippen molar-refractivity contribution in [1.29, 1.82) is 0 Å². The van der Waals surface area contributed by atoms with Crippen LogP contribution in [0.15, 0.2) is 18.2 Å². The highest BCUT2D eigenvalue weighted by Crippen LogP contribution is 2.28. The Bertz CT molecular complexity index is 421. The van der Waals surface area contributed by atoms with Gasteiger partial charge in [-0.15, -0.1) is 12.3 Å². The molecule has 1 aromatic carbocycles. The Morgan fingerprint density at radius 2 is 2.38 bits per heavy atom. The van der Waals surface area contributed by atoms with Gasteiger partial charge in [-0.25, -0.2) is 0 Å². The van der Waals surface area contributed by atoms with E-state index < -0.39 is 0 Å². The summed E-state index contributed by atoms with van der Waals surface area (Å²) in [6, 6.07) is 4.73. The number of para-hydroxylation sites is 1. The van der Waals surface area contributed by atoms with Gasteiger partial charge in [0.15, 0.2) is 11.5 Å². The molecule has 0 bridgehead atoms. The zero-order valence-electron chi connectivity index (χ0n) is 8.99. The Morgan fingerprint density at radius 3 is 3.00 bits per heavy atom. The monoisotopic (exact) mass is 219 g/mol. The van der Waals surface area contributed by atoms with Crippen LogP contribution in [0.1, 0.15) is 16.8 Å². The lowest BCUT2D eigenvalue weighted by Gasteiger charge is -2.08. The lowest BCUT2D eigenvalue weighted by Crippen LogP contribution is -2.24. The van der Waals surface area contributed by atoms with Crippen LogP contribution in [-0.4, -0.2) is 24.7 Å². The summed E-state index contributed by atoms with van der Waals surface area (Å²) < 4.78 is 4.90. The second kappa shape index (κ2) is 5.66. The molecule has 0 saturated heterocycles. The van der Waals surface area contributed by atoms with Crippen molar-refractivity contribution < 1.29 is 14.6 Å². The number of aromatic hydroxyl groups is 1. The van der Waals surface area contributed by atoms with E-state index in [1.807, 2.05) is 0 Å². The van der Waals surface area contributed by atoms with E-state index in [-0.39, 0.29) is 23.0 Å². The summed E-state index contributed by atoms with van der Waals surface area (Å²) in [5.41, 5.74) is 0.177. The van der Waals surface area contributed by atoms with Gasteiger partial charge in [0, 0.05) is 13.0 Å². The molecule has 1 amide bonds. The number of phenols is 1. The zero-order valence-corrected chi connectivity index (χ0v) is 8.99. The van der Waals surface area contributed by atoms with Gasteiger partial charge >= 0.3 is 0 Å². The molecule has 4 heteroatoms. The third-order valence-electron chi connectivity index (χ3n) is 2.02. The molecular formula is C12H13NO3. The first-order valence-electron chi connectivity index (χ1n) is 4.78. The second-order valence-electron chi connectivity index (χ2n) is 3.07. The molecule has 0 unspecified atom stereocenters. The normalized spacial score (nSPS) is 9.25. The number of phenolic OH excluding ortho intramolecular Hbond substituents is 1. The fraction of sp³-hybridized carbons (Fsp3) is 0.250. The minimum absolute atomic E-state index is 0.164. The Kier molecular flexibility index (Phi) is 4.22. The number of rotatable bonds is 4. The zero-order chi connectivity index (χ0) is 12.0. The molecule has 16 heavy (non-hydrogen) atoms. The molecule has 1 rings (SSSR count). The Morgan fingerprint density at radius 1 is 1.62 bits per heavy atom. The van der Waals surface area contributed by atoms with Crippen LogP contribution in [0.25, 0.3) is 0 Å². The largest absolute Gasteiger partial charge is 0.504 e. The van der Waals surface area contributed by atoms with E-state index >= 15 is 0 Å². The van der Waals surface area contributed by atoms with Crippen LogP contribution in [-0.2, 0) is 0 Å². The number of benzene rings is 1. The summed E-state index contributed by atoms with van der Waals surface area (Å²) in [6.45, 7) is 0.381. The molecule has 2 N–H and O–H groups in total. The quantitative estimate of drug-likeness (QED) is 0.590. The lowest BCUT2D eigenvalue weighted by atomic mass is 10.1. The van der Waals surface area contributed by atoms with Crippen molar-refractivity contribution in [3.05, 3.63) is 23.8 Å². The van der Waals surface area contributed by atoms with Gasteiger partial charge in [-0.3, -0.25) is 4.79 Å². The van der Waals surface area contributed by atoms with Crippen LogP contribution in [0, 0.1) is 12.3 Å². The predicted molar refractivity (Wildman–Crippen MR) is 60.4 cm³/mol. The molecule has 0 heterocycles. The number of carbonyl (C=O) groups excluding carboxylic acids is 1. The smallest absolute Gasteiger partial charge is 0.255 e. The molecule has 0 aromatic heterocycles. The minimum Gasteiger partial charge on any atom is -0.504 e. The highest BCUT2D eigenvalue weighted by atomic mass is 16.5. The van der Waals surface area contributed by atoms with E-state index in [0.29, 0.717) is 13.0 Å². The molecule has 84 valence electrons. The van der Waals surface area contributed by atoms with Crippen LogP contribution < -0.4 is 10.1 Å². The average molecular weight is 219 g/mol. The first-order chi connectivity index (χ1) is 7.70. The maximum atomic E-state index is 11.6. The van der Waals surface area contributed by atoms with Crippen molar-refractivity contribution >= 4 is 5.91 Å². The predicted octanol–water partition coefficient (Wildman–Crippen LogP) is 1.15. The number of nitrogens with one attached hydrogen (secondary N) is 1. The third-order valence-corrected chi connectivity index (χ3v) is 2.02. The summed E-state index contributed by atoms with van der Waals surface area (Å²) in [7, 11) is 1.43. The van der Waals surface area contributed by atoms with Crippen LogP contribution in [0.3, 0.4) is 0 Å². The van der Waals surface area contributed by atoms with Gasteiger partial charge < -0.3 is 15.2 Å². The molecule has 0 aliphatic carbocycles. The van der Waals surface area contributed by atoms with Gasteiger partial charge in [0.1, 0.15) is 0 Å². The summed E-state index contributed by atoms with van der Waals surface area (Å²) in [5.74, 6) is 2.15. The number of amides is 1. The van der Waals surface area contributed by atoms with E-state index in [4.69, 9.17) is 11.2 Å². The minimum atomic E-state index is -0.369. The van der Waals surface area contributed by atoms with Gasteiger partial charge in [0.2, 0.25) is 0 Å². The summed E-state index contributed by atoms with van der Waals surface area (Å²) in [6.07, 6.45) is 5.51. The standard InChI is InChI=1S/C12H13NO3/c1-3-4-8-13-12(15)9-6-5-7-10(16-2)11(9)14/h1,5-7,14H,4,8H2,2H3,(H,13,15). The van der Waals surface area contributed by atoms with Crippen molar-refractivity contribution in [2.24, 2.45) is 0 Å². The maximum absolute atomic E-state index is 11.6. The molecular weight excluding hydrogens is 206 g/mol. The number of carbonyl (C=O) groups is 1. The van der Waals surface area contributed by atoms with Crippen LogP contribution in [0.4, 0.5) is 0 Å². The molecule has 0 fully saturated rings. The van der Waals surface area contributed by atoms with Crippen molar-refractivity contribution in [3.63, 3.8) is 0 Å². The fourth-order valence-corrected chi connectivity index (χ4v) is 1.21. The lowest BCUT2D eigenvalue weighted by molar-refractivity contribution is 0.0951. The molecule has 1 aromatic rings. The van der Waals surface area contributed by atoms with Gasteiger partial charge in [-0.05, 0) is 12.1 Å². The van der Waals surface area contributed by atoms with E-state index in [1.54, 1.807) is 12.1 Å². The van der Waals surface area contributed by atoms with Crippen LogP contribution >= 0.6 is 0 Å². The topological polar surface area (TPSA) is 58.6 Å². The van der Waals surface area contributed by atoms with Crippen molar-refractivity contribution in [2.45, 2.75) is 6.42 Å². The van der Waals surface area contributed by atoms with Gasteiger partial charge in [0.05, 0.1) is 12.7 Å². The number of hydrogen-bond acceptors (Lipinski definition) is 3. The van der Waals surface area contributed by atoms with Gasteiger partial charge in [0.25, 0.3) is 5.91 Å². The molecule has 0 radical (unpaired) electrons. The van der Waals surface area contributed by atoms with Crippen molar-refractivity contribution in [2.75, 3.05) is 13.7 Å². The first-order valence-corrected chi connectivity index (χ1v) is 4.78. The summed E-state index contributed by atoms with van der Waals surface area (Å²) in [5, 5.41) is 12.3. The number of ether oxygens (including phenoxy) is 1. The van der Waals surface area contributed by atoms with Gasteiger partial charge in [-0.1, -0.05) is 6.07 Å². The van der Waals surface area contributed by atoms with Gasteiger partial charge in [-0.2, -0.15) is 0 Å². The molecule has 4 nitrogen and oxygen atoms in total. The third kappa shape index (κ3) is 2.67. The number of hydrogen-bond donors (Lipinski definition) is 2. The summed E-state index contributed by atoms with van der Waals surface area (Å²) >= 11 is 0. The van der Waals surface area contributed by atoms with E-state index in [1.165, 1.54) is 13.2 Å². The molecule has 0 saturated carbocycles. The molecule has 0 aliphatic heterocycles. The van der Waals surface area contributed by atoms with Crippen molar-refractivity contribution in [3.8, 4) is 23.8 Å². The maximum Gasteiger partial charge on any atom is 0.255 e. The highest BCUT2D eigenvalue weighted by molar-refractivity contribution is 5.97. The first kappa shape index (κ1) is 11.9. The highest BCUT2D eigenvalue weighted by Gasteiger charge is 2.13. The van der Waals surface area contributed by atoms with E-state index in [2.05, 4.69) is 11.2 Å². The van der Waals surface area contributed by atoms with Crippen LogP contribution in [0.2, 0.25) is 0 Å². The molecule has 0 atom stereocenters. The number of terminal acetylenes is 1. The number of methoxy groups -OCH3 is 1.